The number of pyridine rings is 2. The van der Waals surface area contributed by atoms with E-state index < -0.39 is 11.8 Å². The number of amides is 2. The topological polar surface area (TPSA) is 93.8 Å². The zero-order chi connectivity index (χ0) is 32.3. The molecule has 2 aliphatic heterocycles. The fourth-order valence-corrected chi connectivity index (χ4v) is 6.62. The summed E-state index contributed by atoms with van der Waals surface area (Å²) in [6.07, 6.45) is 3.00. The van der Waals surface area contributed by atoms with E-state index in [1.807, 2.05) is 29.0 Å². The van der Waals surface area contributed by atoms with E-state index in [4.69, 9.17) is 11.6 Å². The Morgan fingerprint density at radius 1 is 0.696 bits per heavy atom. The van der Waals surface area contributed by atoms with Crippen LogP contribution in [0.5, 0.6) is 0 Å². The molecule has 0 bridgehead atoms. The molecular weight excluding hydrogens is 617 g/mol. The van der Waals surface area contributed by atoms with E-state index in [0.29, 0.717) is 64.8 Å². The van der Waals surface area contributed by atoms with Crippen LogP contribution in [0.3, 0.4) is 0 Å². The van der Waals surface area contributed by atoms with E-state index in [1.54, 1.807) is 18.3 Å². The number of aryl methyl sites for hydroxylation is 2. The molecule has 0 saturated heterocycles. The minimum Gasteiger partial charge on any atom is -0.349 e. The van der Waals surface area contributed by atoms with Crippen molar-refractivity contribution in [1.82, 2.24) is 29.7 Å². The number of fused-ring (bicyclic) bond motifs is 6. The molecule has 0 atom stereocenters. The molecule has 2 aliphatic rings. The van der Waals surface area contributed by atoms with Gasteiger partial charge in [0, 0.05) is 71.6 Å². The van der Waals surface area contributed by atoms with E-state index in [-0.39, 0.29) is 17.6 Å². The maximum Gasteiger partial charge on any atom is 0.268 e. The van der Waals surface area contributed by atoms with E-state index in [9.17, 15) is 22.8 Å². The SMILES string of the molecule is Cc1c2n(c3c(-c4ccc(Cl)nc4)cc(F)cc13)CCNC2=O.Cc1c2n(c3c(-c4ccc(F)nc4)cc(F)cc13)CCNC2=O. The second kappa shape index (κ2) is 11.3. The summed E-state index contributed by atoms with van der Waals surface area (Å²) in [7, 11) is 0. The number of nitrogens with zero attached hydrogens (tertiary/aromatic N) is 4. The summed E-state index contributed by atoms with van der Waals surface area (Å²) >= 11 is 5.84. The number of hydrogen-bond donors (Lipinski definition) is 2. The van der Waals surface area contributed by atoms with Crippen LogP contribution in [-0.2, 0) is 13.1 Å². The van der Waals surface area contributed by atoms with Gasteiger partial charge in [0.05, 0.1) is 11.0 Å². The summed E-state index contributed by atoms with van der Waals surface area (Å²) < 4.78 is 45.2. The van der Waals surface area contributed by atoms with Gasteiger partial charge in [0.15, 0.2) is 0 Å². The Morgan fingerprint density at radius 3 is 1.61 bits per heavy atom. The van der Waals surface area contributed by atoms with Crippen molar-refractivity contribution in [2.75, 3.05) is 13.1 Å². The lowest BCUT2D eigenvalue weighted by atomic mass is 10.0. The van der Waals surface area contributed by atoms with Crippen LogP contribution in [-0.4, -0.2) is 44.0 Å². The van der Waals surface area contributed by atoms with Crippen molar-refractivity contribution in [3.63, 3.8) is 0 Å². The standard InChI is InChI=1S/C17H13ClFN3O.C17H13F2N3O/c1-9-12-6-11(19)7-13(10-2-3-14(18)21-8-10)16(12)22-5-4-20-17(23)15(9)22;1-9-12-6-11(18)7-13(10-2-3-14(19)21-8-10)16(12)22-5-4-20-17(23)15(9)22/h2*2-3,6-8H,4-5H2,1H3,(H,20,23). The fraction of sp³-hybridized carbons (Fsp3) is 0.176. The van der Waals surface area contributed by atoms with Gasteiger partial charge in [0.2, 0.25) is 5.95 Å². The smallest absolute Gasteiger partial charge is 0.268 e. The van der Waals surface area contributed by atoms with Gasteiger partial charge in [-0.1, -0.05) is 11.6 Å². The van der Waals surface area contributed by atoms with Crippen LogP contribution in [0.25, 0.3) is 44.1 Å². The number of benzene rings is 2. The lowest BCUT2D eigenvalue weighted by Crippen LogP contribution is -2.35. The highest BCUT2D eigenvalue weighted by atomic mass is 35.5. The molecule has 0 fully saturated rings. The molecule has 2 aromatic carbocycles. The van der Waals surface area contributed by atoms with E-state index in [0.717, 1.165) is 33.1 Å². The summed E-state index contributed by atoms with van der Waals surface area (Å²) in [6.45, 7) is 6.01. The zero-order valence-electron chi connectivity index (χ0n) is 24.7. The van der Waals surface area contributed by atoms with Gasteiger partial charge in [-0.15, -0.1) is 0 Å². The van der Waals surface area contributed by atoms with Crippen LogP contribution >= 0.6 is 11.6 Å². The average molecular weight is 643 g/mol. The summed E-state index contributed by atoms with van der Waals surface area (Å²) in [5.41, 5.74) is 7.03. The maximum atomic E-state index is 14.1. The molecule has 6 aromatic rings. The van der Waals surface area contributed by atoms with Gasteiger partial charge in [-0.2, -0.15) is 4.39 Å². The van der Waals surface area contributed by atoms with Crippen LogP contribution in [0, 0.1) is 31.4 Å². The molecule has 12 heteroatoms. The Labute approximate surface area is 265 Å². The average Bonchev–Trinajstić information content (AvgIpc) is 3.49. The molecule has 0 spiro atoms. The molecule has 0 saturated carbocycles. The summed E-state index contributed by atoms with van der Waals surface area (Å²) in [4.78, 5) is 32.1. The number of carbonyl (C=O) groups excluding carboxylic acids is 2. The summed E-state index contributed by atoms with van der Waals surface area (Å²) in [5, 5.41) is 7.47. The molecule has 8 rings (SSSR count). The molecule has 46 heavy (non-hydrogen) atoms. The van der Waals surface area contributed by atoms with Crippen LogP contribution < -0.4 is 10.6 Å². The first kappa shape index (κ1) is 29.5. The molecule has 4 aromatic heterocycles. The third-order valence-electron chi connectivity index (χ3n) is 8.50. The number of nitrogens with one attached hydrogen (secondary N) is 2. The molecule has 8 nitrogen and oxygen atoms in total. The second-order valence-electron chi connectivity index (χ2n) is 11.2. The lowest BCUT2D eigenvalue weighted by molar-refractivity contribution is 0.0920. The quantitative estimate of drug-likeness (QED) is 0.209. The Hall–Kier alpha value is -5.16. The van der Waals surface area contributed by atoms with Gasteiger partial charge >= 0.3 is 0 Å². The van der Waals surface area contributed by atoms with Gasteiger partial charge in [-0.25, -0.2) is 18.7 Å². The number of rotatable bonds is 2. The minimum atomic E-state index is -0.589. The summed E-state index contributed by atoms with van der Waals surface area (Å²) in [5.74, 6) is -1.61. The van der Waals surface area contributed by atoms with Gasteiger partial charge in [-0.3, -0.25) is 9.59 Å². The minimum absolute atomic E-state index is 0.120. The highest BCUT2D eigenvalue weighted by Crippen LogP contribution is 2.37. The largest absolute Gasteiger partial charge is 0.349 e. The monoisotopic (exact) mass is 642 g/mol. The van der Waals surface area contributed by atoms with Crippen molar-refractivity contribution in [3.05, 3.63) is 106 Å². The Kier molecular flexibility index (Phi) is 7.28. The highest BCUT2D eigenvalue weighted by molar-refractivity contribution is 6.29. The van der Waals surface area contributed by atoms with Crippen molar-refractivity contribution in [2.45, 2.75) is 26.9 Å². The van der Waals surface area contributed by atoms with Gasteiger partial charge < -0.3 is 19.8 Å². The molecule has 232 valence electrons. The van der Waals surface area contributed by atoms with Gasteiger partial charge in [0.25, 0.3) is 11.8 Å². The first-order valence-electron chi connectivity index (χ1n) is 14.6. The Morgan fingerprint density at radius 2 is 1.17 bits per heavy atom. The third-order valence-corrected chi connectivity index (χ3v) is 8.72. The number of halogens is 4. The zero-order valence-corrected chi connectivity index (χ0v) is 25.5. The van der Waals surface area contributed by atoms with Crippen molar-refractivity contribution in [2.24, 2.45) is 0 Å². The van der Waals surface area contributed by atoms with E-state index >= 15 is 0 Å². The number of hydrogen-bond acceptors (Lipinski definition) is 4. The second-order valence-corrected chi connectivity index (χ2v) is 11.6. The predicted octanol–water partition coefficient (Wildman–Crippen LogP) is 6.58. The molecule has 0 radical (unpaired) electrons. The molecule has 2 amide bonds. The van der Waals surface area contributed by atoms with Crippen molar-refractivity contribution in [3.8, 4) is 22.3 Å². The molecule has 6 heterocycles. The maximum absolute atomic E-state index is 14.1. The number of aromatic nitrogens is 4. The van der Waals surface area contributed by atoms with Crippen LogP contribution in [0.2, 0.25) is 5.15 Å². The molecular formula is C34H26ClF3N6O2. The first-order chi connectivity index (χ1) is 22.1. The first-order valence-corrected chi connectivity index (χ1v) is 14.9. The molecule has 0 unspecified atom stereocenters. The normalized spacial score (nSPS) is 14.0. The highest BCUT2D eigenvalue weighted by Gasteiger charge is 2.27. The number of carbonyl (C=O) groups is 2. The molecule has 2 N–H and O–H groups in total. The fourth-order valence-electron chi connectivity index (χ4n) is 6.51. The Balaban J connectivity index is 0.000000147. The van der Waals surface area contributed by atoms with Crippen LogP contribution in [0.1, 0.15) is 32.1 Å². The van der Waals surface area contributed by atoms with Gasteiger partial charge in [0.1, 0.15) is 28.2 Å². The third kappa shape index (κ3) is 4.87. The Bertz CT molecular complexity index is 2050. The van der Waals surface area contributed by atoms with Crippen molar-refractivity contribution in [1.29, 1.82) is 0 Å². The van der Waals surface area contributed by atoms with Crippen LogP contribution in [0.4, 0.5) is 13.2 Å². The van der Waals surface area contributed by atoms with E-state index in [2.05, 4.69) is 20.6 Å². The molecule has 0 aliphatic carbocycles. The van der Waals surface area contributed by atoms with E-state index in [1.165, 1.54) is 36.5 Å². The van der Waals surface area contributed by atoms with Crippen LogP contribution in [0.15, 0.2) is 60.9 Å². The van der Waals surface area contributed by atoms with Crippen molar-refractivity contribution >= 4 is 45.2 Å². The predicted molar refractivity (Wildman–Crippen MR) is 169 cm³/mol. The lowest BCUT2D eigenvalue weighted by Gasteiger charge is -2.18. The van der Waals surface area contributed by atoms with Crippen molar-refractivity contribution < 1.29 is 22.8 Å². The van der Waals surface area contributed by atoms with Gasteiger partial charge in [-0.05, 0) is 73.5 Å². The summed E-state index contributed by atoms with van der Waals surface area (Å²) in [6, 6.07) is 12.1.